The number of nitrogens with zero attached hydrogens (tertiary/aromatic N) is 4. The molecule has 0 N–H and O–H groups in total. The molecule has 1 aromatic carbocycles. The van der Waals surface area contributed by atoms with Gasteiger partial charge in [0.2, 0.25) is 10.0 Å². The molecule has 3 aromatic rings. The topological polar surface area (TPSA) is 67.7 Å². The second-order valence-electron chi connectivity index (χ2n) is 8.50. The molecule has 0 amide bonds. The molecule has 0 aliphatic carbocycles. The Hall–Kier alpha value is -1.78. The van der Waals surface area contributed by atoms with Gasteiger partial charge >= 0.3 is 0 Å². The Morgan fingerprint density at radius 2 is 2.09 bits per heavy atom. The summed E-state index contributed by atoms with van der Waals surface area (Å²) in [6.07, 6.45) is 3.45. The molecule has 4 rings (SSSR count). The largest absolute Gasteiger partial charge is 0.377 e. The van der Waals surface area contributed by atoms with Crippen LogP contribution in [0.1, 0.15) is 36.9 Å². The van der Waals surface area contributed by atoms with E-state index in [2.05, 4.69) is 33.9 Å². The van der Waals surface area contributed by atoms with Crippen LogP contribution in [0.25, 0.3) is 11.0 Å². The minimum atomic E-state index is -3.50. The number of aromatic nitrogens is 2. The van der Waals surface area contributed by atoms with Gasteiger partial charge in [0.15, 0.2) is 0 Å². The normalized spacial score (nSPS) is 17.2. The zero-order valence-electron chi connectivity index (χ0n) is 19.0. The molecule has 1 fully saturated rings. The maximum atomic E-state index is 12.6. The summed E-state index contributed by atoms with van der Waals surface area (Å²) in [4.78, 5) is 8.91. The van der Waals surface area contributed by atoms with Gasteiger partial charge in [0.25, 0.3) is 0 Å². The zero-order valence-corrected chi connectivity index (χ0v) is 20.7. The first-order chi connectivity index (χ1) is 15.4. The van der Waals surface area contributed by atoms with Gasteiger partial charge in [-0.15, -0.1) is 11.3 Å². The van der Waals surface area contributed by atoms with E-state index in [9.17, 15) is 8.42 Å². The van der Waals surface area contributed by atoms with Crippen molar-refractivity contribution in [3.8, 4) is 0 Å². The molecular weight excluding hydrogens is 444 g/mol. The van der Waals surface area contributed by atoms with Crippen molar-refractivity contribution in [2.24, 2.45) is 0 Å². The second kappa shape index (κ2) is 10.0. The molecule has 0 radical (unpaired) electrons. The first kappa shape index (κ1) is 23.4. The number of benzene rings is 1. The van der Waals surface area contributed by atoms with E-state index in [-0.39, 0.29) is 11.0 Å². The third-order valence-corrected chi connectivity index (χ3v) is 8.51. The summed E-state index contributed by atoms with van der Waals surface area (Å²) in [5.41, 5.74) is 1.71. The minimum Gasteiger partial charge on any atom is -0.377 e. The quantitative estimate of drug-likeness (QED) is 0.443. The van der Waals surface area contributed by atoms with Crippen molar-refractivity contribution in [3.05, 3.63) is 46.4 Å². The predicted octanol–water partition coefficient (Wildman–Crippen LogP) is 3.94. The maximum Gasteiger partial charge on any atom is 0.242 e. The molecular formula is C23H32N4O3S2. The molecule has 1 aliphatic heterocycles. The molecule has 1 unspecified atom stereocenters. The number of imidazole rings is 1. The first-order valence-electron chi connectivity index (χ1n) is 11.2. The van der Waals surface area contributed by atoms with Crippen LogP contribution in [0.5, 0.6) is 0 Å². The molecule has 174 valence electrons. The van der Waals surface area contributed by atoms with Crippen LogP contribution in [0.4, 0.5) is 0 Å². The van der Waals surface area contributed by atoms with E-state index in [0.717, 1.165) is 62.4 Å². The third kappa shape index (κ3) is 5.07. The maximum absolute atomic E-state index is 12.6. The molecule has 0 bridgehead atoms. The highest BCUT2D eigenvalue weighted by Gasteiger charge is 2.23. The summed E-state index contributed by atoms with van der Waals surface area (Å²) in [5.74, 6) is 0.968. The van der Waals surface area contributed by atoms with Gasteiger partial charge in [-0.25, -0.2) is 17.7 Å². The summed E-state index contributed by atoms with van der Waals surface area (Å²) in [6, 6.07) is 9.53. The van der Waals surface area contributed by atoms with E-state index in [1.807, 2.05) is 6.07 Å². The Morgan fingerprint density at radius 3 is 2.75 bits per heavy atom. The van der Waals surface area contributed by atoms with Crippen LogP contribution < -0.4 is 0 Å². The van der Waals surface area contributed by atoms with E-state index < -0.39 is 10.0 Å². The van der Waals surface area contributed by atoms with E-state index in [0.29, 0.717) is 6.54 Å². The molecule has 7 nitrogen and oxygen atoms in total. The van der Waals surface area contributed by atoms with E-state index in [4.69, 9.17) is 9.72 Å². The molecule has 1 aliphatic rings. The van der Waals surface area contributed by atoms with Gasteiger partial charge in [0.05, 0.1) is 28.6 Å². The minimum absolute atomic E-state index is 0.260. The van der Waals surface area contributed by atoms with Crippen molar-refractivity contribution < 1.29 is 13.2 Å². The summed E-state index contributed by atoms with van der Waals surface area (Å²) >= 11 is 1.77. The highest BCUT2D eigenvalue weighted by atomic mass is 32.2. The highest BCUT2D eigenvalue weighted by molar-refractivity contribution is 7.89. The Balaban J connectivity index is 1.67. The Labute approximate surface area is 194 Å². The van der Waals surface area contributed by atoms with Crippen molar-refractivity contribution in [2.45, 2.75) is 56.8 Å². The van der Waals surface area contributed by atoms with Crippen molar-refractivity contribution in [1.82, 2.24) is 18.8 Å². The Morgan fingerprint density at radius 1 is 1.25 bits per heavy atom. The van der Waals surface area contributed by atoms with Gasteiger partial charge < -0.3 is 9.30 Å². The van der Waals surface area contributed by atoms with Crippen molar-refractivity contribution in [3.63, 3.8) is 0 Å². The fraction of sp³-hybridized carbons (Fsp3) is 0.522. The molecule has 2 aromatic heterocycles. The smallest absolute Gasteiger partial charge is 0.242 e. The molecule has 3 heterocycles. The van der Waals surface area contributed by atoms with Crippen LogP contribution >= 0.6 is 11.3 Å². The summed E-state index contributed by atoms with van der Waals surface area (Å²) < 4.78 is 34.6. The Kier molecular flexibility index (Phi) is 7.31. The third-order valence-electron chi connectivity index (χ3n) is 5.83. The molecule has 0 spiro atoms. The number of sulfonamides is 1. The lowest BCUT2D eigenvalue weighted by atomic mass is 10.2. The van der Waals surface area contributed by atoms with Crippen LogP contribution in [0.2, 0.25) is 0 Å². The number of thiophene rings is 1. The number of ether oxygens (including phenoxy) is 1. The highest BCUT2D eigenvalue weighted by Crippen LogP contribution is 2.25. The first-order valence-corrected chi connectivity index (χ1v) is 13.5. The summed E-state index contributed by atoms with van der Waals surface area (Å²) in [6.45, 7) is 6.26. The van der Waals surface area contributed by atoms with Gasteiger partial charge in [-0.1, -0.05) is 13.0 Å². The lowest BCUT2D eigenvalue weighted by Gasteiger charge is -2.24. The van der Waals surface area contributed by atoms with Crippen molar-refractivity contribution in [1.29, 1.82) is 0 Å². The predicted molar refractivity (Wildman–Crippen MR) is 128 cm³/mol. The number of aryl methyl sites for hydroxylation is 1. The average molecular weight is 477 g/mol. The molecule has 32 heavy (non-hydrogen) atoms. The second-order valence-corrected chi connectivity index (χ2v) is 11.7. The standard InChI is InChI=1S/C23H32N4O3S2/c1-4-11-27-22-10-9-20(32(28,29)25(2)3)14-21(22)24-23(27)17-26(15-18-7-5-12-30-18)16-19-8-6-13-31-19/h6,8-10,13-14,18H,4-5,7,11-12,15-17H2,1-3H3. The number of hydrogen-bond donors (Lipinski definition) is 0. The average Bonchev–Trinajstić information content (AvgIpc) is 3.51. The van der Waals surface area contributed by atoms with Gasteiger partial charge in [0.1, 0.15) is 5.82 Å². The van der Waals surface area contributed by atoms with Crippen LogP contribution in [0, 0.1) is 0 Å². The lowest BCUT2D eigenvalue weighted by molar-refractivity contribution is 0.0670. The van der Waals surface area contributed by atoms with E-state index in [1.54, 1.807) is 37.6 Å². The van der Waals surface area contributed by atoms with Crippen molar-refractivity contribution in [2.75, 3.05) is 27.2 Å². The number of hydrogen-bond acceptors (Lipinski definition) is 6. The number of rotatable bonds is 10. The van der Waals surface area contributed by atoms with Gasteiger partial charge in [-0.2, -0.15) is 0 Å². The summed E-state index contributed by atoms with van der Waals surface area (Å²) in [5, 5.41) is 2.11. The van der Waals surface area contributed by atoms with Gasteiger partial charge in [0, 0.05) is 45.2 Å². The monoisotopic (exact) mass is 476 g/mol. The van der Waals surface area contributed by atoms with Crippen LogP contribution in [-0.2, 0) is 34.4 Å². The fourth-order valence-corrected chi connectivity index (χ4v) is 5.88. The molecule has 9 heteroatoms. The molecule has 1 atom stereocenters. The lowest BCUT2D eigenvalue weighted by Crippen LogP contribution is -2.32. The summed E-state index contributed by atoms with van der Waals surface area (Å²) in [7, 11) is -0.399. The van der Waals surface area contributed by atoms with Crippen molar-refractivity contribution >= 4 is 32.4 Å². The molecule has 0 saturated carbocycles. The Bertz CT molecular complexity index is 1130. The molecule has 1 saturated heterocycles. The van der Waals surface area contributed by atoms with E-state index in [1.165, 1.54) is 9.18 Å². The van der Waals surface area contributed by atoms with Gasteiger partial charge in [-0.05, 0) is 48.9 Å². The SMILES string of the molecule is CCCn1c(CN(Cc2cccs2)CC2CCCO2)nc2cc(S(=O)(=O)N(C)C)ccc21. The van der Waals surface area contributed by atoms with Crippen LogP contribution in [0.3, 0.4) is 0 Å². The van der Waals surface area contributed by atoms with Gasteiger partial charge in [-0.3, -0.25) is 4.90 Å². The van der Waals surface area contributed by atoms with Crippen LogP contribution in [0.15, 0.2) is 40.6 Å². The van der Waals surface area contributed by atoms with Crippen LogP contribution in [-0.4, -0.2) is 60.5 Å². The number of fused-ring (bicyclic) bond motifs is 1. The fourth-order valence-electron chi connectivity index (χ4n) is 4.21. The van der Waals surface area contributed by atoms with E-state index >= 15 is 0 Å². The zero-order chi connectivity index (χ0) is 22.7.